The maximum absolute atomic E-state index is 11.9. The number of hydrogen-bond donors (Lipinski definition) is 2. The average molecular weight is 251 g/mol. The Balaban J connectivity index is 2.67. The monoisotopic (exact) mass is 251 g/mol. The molecule has 2 N–H and O–H groups in total. The van der Waals surface area contributed by atoms with Crippen molar-refractivity contribution in [2.24, 2.45) is 5.92 Å². The predicted octanol–water partition coefficient (Wildman–Crippen LogP) is 0.899. The molecule has 0 aliphatic carbocycles. The van der Waals surface area contributed by atoms with E-state index in [1.807, 2.05) is 0 Å². The number of aliphatic hydroxyl groups excluding tert-OH is 1. The van der Waals surface area contributed by atoms with Crippen LogP contribution in [-0.4, -0.2) is 40.6 Å². The highest BCUT2D eigenvalue weighted by atomic mass is 16.4. The van der Waals surface area contributed by atoms with Crippen molar-refractivity contribution >= 4 is 11.9 Å². The van der Waals surface area contributed by atoms with Crippen LogP contribution in [0.4, 0.5) is 0 Å². The van der Waals surface area contributed by atoms with Crippen LogP contribution in [0.2, 0.25) is 0 Å². The quantitative estimate of drug-likeness (QED) is 0.815. The molecule has 0 radical (unpaired) electrons. The zero-order valence-corrected chi connectivity index (χ0v) is 10.4. The van der Waals surface area contributed by atoms with Crippen molar-refractivity contribution < 1.29 is 19.8 Å². The van der Waals surface area contributed by atoms with E-state index in [9.17, 15) is 14.7 Å². The second kappa shape index (κ2) is 6.16. The molecule has 0 aromatic heterocycles. The van der Waals surface area contributed by atoms with Crippen LogP contribution in [-0.2, 0) is 9.59 Å². The van der Waals surface area contributed by atoms with Gasteiger partial charge < -0.3 is 15.1 Å². The first-order chi connectivity index (χ1) is 8.43. The number of benzene rings is 1. The number of carbonyl (C=O) groups is 2. The number of amides is 1. The highest BCUT2D eigenvalue weighted by Crippen LogP contribution is 2.15. The Kier molecular flexibility index (Phi) is 4.85. The highest BCUT2D eigenvalue weighted by Gasteiger charge is 2.23. The van der Waals surface area contributed by atoms with Gasteiger partial charge in [0.1, 0.15) is 0 Å². The molecule has 1 amide bonds. The van der Waals surface area contributed by atoms with Gasteiger partial charge in [-0.05, 0) is 5.56 Å². The lowest BCUT2D eigenvalue weighted by Crippen LogP contribution is -2.36. The molecule has 1 rings (SSSR count). The maximum Gasteiger partial charge on any atom is 0.308 e. The van der Waals surface area contributed by atoms with Gasteiger partial charge in [-0.25, -0.2) is 0 Å². The van der Waals surface area contributed by atoms with Crippen molar-refractivity contribution in [2.75, 3.05) is 13.6 Å². The van der Waals surface area contributed by atoms with Crippen LogP contribution >= 0.6 is 0 Å². The van der Waals surface area contributed by atoms with E-state index in [-0.39, 0.29) is 6.54 Å². The normalized spacial score (nSPS) is 13.7. The Morgan fingerprint density at radius 2 is 1.83 bits per heavy atom. The smallest absolute Gasteiger partial charge is 0.308 e. The minimum absolute atomic E-state index is 0.0675. The molecule has 5 nitrogen and oxygen atoms in total. The molecule has 2 atom stereocenters. The van der Waals surface area contributed by atoms with Crippen LogP contribution in [0, 0.1) is 5.92 Å². The van der Waals surface area contributed by atoms with E-state index in [1.165, 1.54) is 18.9 Å². The minimum Gasteiger partial charge on any atom is -0.481 e. The summed E-state index contributed by atoms with van der Waals surface area (Å²) in [6.07, 6.45) is -1.25. The maximum atomic E-state index is 11.9. The molecule has 0 saturated heterocycles. The molecule has 1 unspecified atom stereocenters. The molecule has 0 aliphatic heterocycles. The first kappa shape index (κ1) is 14.2. The fourth-order valence-corrected chi connectivity index (χ4v) is 1.57. The number of hydrogen-bond acceptors (Lipinski definition) is 3. The number of rotatable bonds is 5. The van der Waals surface area contributed by atoms with Crippen LogP contribution in [0.25, 0.3) is 0 Å². The minimum atomic E-state index is -1.25. The Morgan fingerprint density at radius 1 is 1.28 bits per heavy atom. The van der Waals surface area contributed by atoms with Crippen LogP contribution in [0.1, 0.15) is 18.6 Å². The molecule has 0 spiro atoms. The van der Waals surface area contributed by atoms with Crippen LogP contribution < -0.4 is 0 Å². The van der Waals surface area contributed by atoms with Gasteiger partial charge in [-0.2, -0.15) is 0 Å². The summed E-state index contributed by atoms with van der Waals surface area (Å²) < 4.78 is 0. The highest BCUT2D eigenvalue weighted by molar-refractivity contribution is 5.82. The van der Waals surface area contributed by atoms with Crippen molar-refractivity contribution in [3.63, 3.8) is 0 Å². The second-order valence-electron chi connectivity index (χ2n) is 4.27. The zero-order valence-electron chi connectivity index (χ0n) is 10.4. The molecule has 0 saturated carbocycles. The third kappa shape index (κ3) is 3.56. The van der Waals surface area contributed by atoms with Crippen molar-refractivity contribution in [3.8, 4) is 0 Å². The summed E-state index contributed by atoms with van der Waals surface area (Å²) >= 11 is 0. The average Bonchev–Trinajstić information content (AvgIpc) is 2.37. The number of nitrogens with zero attached hydrogens (tertiary/aromatic N) is 1. The van der Waals surface area contributed by atoms with Gasteiger partial charge in [0.15, 0.2) is 6.10 Å². The van der Waals surface area contributed by atoms with E-state index < -0.39 is 23.9 Å². The van der Waals surface area contributed by atoms with E-state index in [1.54, 1.807) is 30.3 Å². The van der Waals surface area contributed by atoms with Gasteiger partial charge in [-0.1, -0.05) is 37.3 Å². The molecule has 0 heterocycles. The van der Waals surface area contributed by atoms with Gasteiger partial charge >= 0.3 is 5.97 Å². The number of carboxylic acids is 1. The Hall–Kier alpha value is -1.88. The lowest BCUT2D eigenvalue weighted by Gasteiger charge is -2.22. The largest absolute Gasteiger partial charge is 0.481 e. The molecular weight excluding hydrogens is 234 g/mol. The van der Waals surface area contributed by atoms with Gasteiger partial charge in [0.05, 0.1) is 5.92 Å². The van der Waals surface area contributed by atoms with Crippen molar-refractivity contribution in [1.29, 1.82) is 0 Å². The van der Waals surface area contributed by atoms with E-state index in [0.29, 0.717) is 5.56 Å². The Bertz CT molecular complexity index is 418. The molecule has 0 fully saturated rings. The van der Waals surface area contributed by atoms with E-state index in [0.717, 1.165) is 0 Å². The lowest BCUT2D eigenvalue weighted by atomic mass is 10.1. The standard InChI is InChI=1S/C13H17NO4/c1-9(13(17)18)8-14(2)12(16)11(15)10-6-4-3-5-7-10/h3-7,9,11,15H,8H2,1-2H3,(H,17,18)/t9?,11-/m0/s1. The first-order valence-electron chi connectivity index (χ1n) is 5.64. The number of likely N-dealkylation sites (N-methyl/N-ethyl adjacent to an activating group) is 1. The van der Waals surface area contributed by atoms with E-state index in [4.69, 9.17) is 5.11 Å². The van der Waals surface area contributed by atoms with Crippen LogP contribution in [0.15, 0.2) is 30.3 Å². The summed E-state index contributed by atoms with van der Waals surface area (Å²) in [4.78, 5) is 23.8. The molecule has 1 aromatic carbocycles. The molecule has 0 aliphatic rings. The molecule has 1 aromatic rings. The molecule has 98 valence electrons. The van der Waals surface area contributed by atoms with Crippen LogP contribution in [0.5, 0.6) is 0 Å². The SMILES string of the molecule is CC(CN(C)C(=O)[C@@H](O)c1ccccc1)C(=O)O. The number of aliphatic carboxylic acids is 1. The summed E-state index contributed by atoms with van der Waals surface area (Å²) in [5, 5.41) is 18.6. The van der Waals surface area contributed by atoms with Crippen molar-refractivity contribution in [2.45, 2.75) is 13.0 Å². The van der Waals surface area contributed by atoms with E-state index in [2.05, 4.69) is 0 Å². The fraction of sp³-hybridized carbons (Fsp3) is 0.385. The van der Waals surface area contributed by atoms with Gasteiger partial charge in [0.2, 0.25) is 0 Å². The van der Waals surface area contributed by atoms with Crippen molar-refractivity contribution in [1.82, 2.24) is 4.90 Å². The Morgan fingerprint density at radius 3 is 2.33 bits per heavy atom. The predicted molar refractivity (Wildman–Crippen MR) is 65.8 cm³/mol. The number of carboxylic acid groups (broad SMARTS) is 1. The Labute approximate surface area is 106 Å². The van der Waals surface area contributed by atoms with E-state index >= 15 is 0 Å². The van der Waals surface area contributed by atoms with Crippen LogP contribution in [0.3, 0.4) is 0 Å². The van der Waals surface area contributed by atoms with Gasteiger partial charge in [-0.3, -0.25) is 9.59 Å². The third-order valence-electron chi connectivity index (χ3n) is 2.69. The topological polar surface area (TPSA) is 77.8 Å². The summed E-state index contributed by atoms with van der Waals surface area (Å²) in [5.41, 5.74) is 0.498. The molecule has 5 heteroatoms. The van der Waals surface area contributed by atoms with Gasteiger partial charge in [0.25, 0.3) is 5.91 Å². The molecule has 0 bridgehead atoms. The summed E-state index contributed by atoms with van der Waals surface area (Å²) in [7, 11) is 1.48. The van der Waals surface area contributed by atoms with Gasteiger partial charge in [0, 0.05) is 13.6 Å². The van der Waals surface area contributed by atoms with Gasteiger partial charge in [-0.15, -0.1) is 0 Å². The fourth-order valence-electron chi connectivity index (χ4n) is 1.57. The number of aliphatic hydroxyl groups is 1. The summed E-state index contributed by atoms with van der Waals surface area (Å²) in [6, 6.07) is 8.54. The molecule has 18 heavy (non-hydrogen) atoms. The zero-order chi connectivity index (χ0) is 13.7. The lowest BCUT2D eigenvalue weighted by molar-refractivity contribution is -0.145. The van der Waals surface area contributed by atoms with Crippen molar-refractivity contribution in [3.05, 3.63) is 35.9 Å². The number of carbonyl (C=O) groups excluding carboxylic acids is 1. The summed E-state index contributed by atoms with van der Waals surface area (Å²) in [6.45, 7) is 1.58. The molecular formula is C13H17NO4. The first-order valence-corrected chi connectivity index (χ1v) is 5.64. The summed E-state index contributed by atoms with van der Waals surface area (Å²) in [5.74, 6) is -2.14. The third-order valence-corrected chi connectivity index (χ3v) is 2.69. The second-order valence-corrected chi connectivity index (χ2v) is 4.27.